The molecule has 1 aromatic carbocycles. The summed E-state index contributed by atoms with van der Waals surface area (Å²) < 4.78 is 7.40. The van der Waals surface area contributed by atoms with Crippen LogP contribution in [0.15, 0.2) is 30.5 Å². The lowest BCUT2D eigenvalue weighted by molar-refractivity contribution is 0.112. The van der Waals surface area contributed by atoms with E-state index in [0.717, 1.165) is 22.3 Å². The third-order valence-electron chi connectivity index (χ3n) is 3.79. The monoisotopic (exact) mass is 325 g/mol. The summed E-state index contributed by atoms with van der Waals surface area (Å²) in [7, 11) is 0.149. The number of carbonyl (C=O) groups excluding carboxylic acids is 1. The van der Waals surface area contributed by atoms with Gasteiger partial charge in [0.05, 0.1) is 5.69 Å². The van der Waals surface area contributed by atoms with E-state index in [-0.39, 0.29) is 17.6 Å². The Bertz CT molecular complexity index is 908. The highest BCUT2D eigenvalue weighted by molar-refractivity contribution is 6.60. The van der Waals surface area contributed by atoms with Gasteiger partial charge in [-0.15, -0.1) is 0 Å². The largest absolute Gasteiger partial charge is 0.489 e. The fourth-order valence-electron chi connectivity index (χ4n) is 2.58. The molecule has 0 spiro atoms. The van der Waals surface area contributed by atoms with Gasteiger partial charge in [0.15, 0.2) is 5.65 Å². The number of nitrogens with zero attached hydrogens (tertiary/aromatic N) is 3. The number of rotatable bonds is 5. The highest BCUT2D eigenvalue weighted by Crippen LogP contribution is 2.18. The normalized spacial score (nSPS) is 10.8. The molecule has 0 bridgehead atoms. The van der Waals surface area contributed by atoms with E-state index in [1.165, 1.54) is 12.1 Å². The summed E-state index contributed by atoms with van der Waals surface area (Å²) in [5.41, 5.74) is 2.90. The molecular weight excluding hydrogens is 309 g/mol. The Hall–Kier alpha value is -2.71. The van der Waals surface area contributed by atoms with Gasteiger partial charge in [0.25, 0.3) is 0 Å². The van der Waals surface area contributed by atoms with Crippen LogP contribution >= 0.6 is 0 Å². The molecule has 0 fully saturated rings. The first kappa shape index (κ1) is 16.2. The standard InChI is InChI=1S/C16H16BN3O4/c1-10-14-5-11(7-18-16(14)20(2)19-10)9-24-13-3-4-15(17(22)23)12(6-13)8-21/h3-8,22-23H,9H2,1-2H3. The van der Waals surface area contributed by atoms with Crippen molar-refractivity contribution in [3.05, 3.63) is 47.3 Å². The minimum atomic E-state index is -1.69. The minimum absolute atomic E-state index is 0.145. The summed E-state index contributed by atoms with van der Waals surface area (Å²) in [5.74, 6) is 0.463. The Kier molecular flexibility index (Phi) is 4.33. The average Bonchev–Trinajstić information content (AvgIpc) is 2.86. The molecule has 8 heteroatoms. The van der Waals surface area contributed by atoms with Crippen molar-refractivity contribution in [3.8, 4) is 5.75 Å². The van der Waals surface area contributed by atoms with E-state index < -0.39 is 7.12 Å². The molecule has 0 atom stereocenters. The van der Waals surface area contributed by atoms with Crippen LogP contribution in [0.2, 0.25) is 0 Å². The second-order valence-corrected chi connectivity index (χ2v) is 5.49. The molecule has 0 saturated heterocycles. The maximum absolute atomic E-state index is 11.0. The summed E-state index contributed by atoms with van der Waals surface area (Å²) in [4.78, 5) is 15.4. The molecule has 0 aliphatic rings. The van der Waals surface area contributed by atoms with Gasteiger partial charge in [0.2, 0.25) is 0 Å². The van der Waals surface area contributed by atoms with Crippen LogP contribution < -0.4 is 10.2 Å². The van der Waals surface area contributed by atoms with Crippen molar-refractivity contribution in [1.82, 2.24) is 14.8 Å². The SMILES string of the molecule is Cc1nn(C)c2ncc(COc3ccc(B(O)O)c(C=O)c3)cc12. The predicted molar refractivity (Wildman–Crippen MR) is 89.2 cm³/mol. The molecule has 122 valence electrons. The summed E-state index contributed by atoms with van der Waals surface area (Å²) in [6.07, 6.45) is 2.28. The minimum Gasteiger partial charge on any atom is -0.489 e. The Morgan fingerprint density at radius 3 is 2.83 bits per heavy atom. The Labute approximate surface area is 138 Å². The van der Waals surface area contributed by atoms with Crippen LogP contribution in [0.5, 0.6) is 5.75 Å². The Balaban J connectivity index is 1.80. The van der Waals surface area contributed by atoms with Crippen LogP contribution in [0.25, 0.3) is 11.0 Å². The highest BCUT2D eigenvalue weighted by atomic mass is 16.5. The lowest BCUT2D eigenvalue weighted by atomic mass is 9.77. The molecule has 2 aromatic heterocycles. The van der Waals surface area contributed by atoms with E-state index in [2.05, 4.69) is 10.1 Å². The lowest BCUT2D eigenvalue weighted by Gasteiger charge is -2.09. The summed E-state index contributed by atoms with van der Waals surface area (Å²) in [6.45, 7) is 2.19. The molecule has 2 N–H and O–H groups in total. The van der Waals surface area contributed by atoms with Gasteiger partial charge in [0.1, 0.15) is 18.6 Å². The van der Waals surface area contributed by atoms with Crippen LogP contribution in [0, 0.1) is 6.92 Å². The van der Waals surface area contributed by atoms with Gasteiger partial charge < -0.3 is 14.8 Å². The van der Waals surface area contributed by atoms with Gasteiger partial charge in [-0.2, -0.15) is 5.10 Å². The second kappa shape index (κ2) is 6.42. The topological polar surface area (TPSA) is 97.5 Å². The van der Waals surface area contributed by atoms with Crippen molar-refractivity contribution in [2.45, 2.75) is 13.5 Å². The van der Waals surface area contributed by atoms with Gasteiger partial charge in [-0.3, -0.25) is 9.48 Å². The van der Waals surface area contributed by atoms with Crippen molar-refractivity contribution >= 4 is 29.9 Å². The zero-order valence-corrected chi connectivity index (χ0v) is 13.3. The number of aldehydes is 1. The van der Waals surface area contributed by atoms with Crippen LogP contribution in [0.4, 0.5) is 0 Å². The van der Waals surface area contributed by atoms with E-state index >= 15 is 0 Å². The molecule has 3 aromatic rings. The van der Waals surface area contributed by atoms with Crippen molar-refractivity contribution in [2.24, 2.45) is 7.05 Å². The molecule has 0 unspecified atom stereocenters. The number of carbonyl (C=O) groups is 1. The van der Waals surface area contributed by atoms with Gasteiger partial charge in [0, 0.05) is 29.8 Å². The Morgan fingerprint density at radius 2 is 2.12 bits per heavy atom. The zero-order valence-electron chi connectivity index (χ0n) is 13.3. The first-order valence-corrected chi connectivity index (χ1v) is 7.36. The second-order valence-electron chi connectivity index (χ2n) is 5.49. The number of ether oxygens (including phenoxy) is 1. The van der Waals surface area contributed by atoms with Gasteiger partial charge in [-0.25, -0.2) is 4.98 Å². The van der Waals surface area contributed by atoms with E-state index in [4.69, 9.17) is 4.74 Å². The van der Waals surface area contributed by atoms with E-state index in [0.29, 0.717) is 12.0 Å². The van der Waals surface area contributed by atoms with Crippen molar-refractivity contribution < 1.29 is 19.6 Å². The highest BCUT2D eigenvalue weighted by Gasteiger charge is 2.16. The molecule has 0 aliphatic carbocycles. The van der Waals surface area contributed by atoms with Crippen LogP contribution in [-0.2, 0) is 13.7 Å². The molecular formula is C16H16BN3O4. The van der Waals surface area contributed by atoms with Crippen LogP contribution in [-0.4, -0.2) is 38.2 Å². The van der Waals surface area contributed by atoms with Gasteiger partial charge in [-0.1, -0.05) is 6.07 Å². The van der Waals surface area contributed by atoms with E-state index in [1.807, 2.05) is 20.0 Å². The number of benzene rings is 1. The average molecular weight is 325 g/mol. The molecule has 2 heterocycles. The van der Waals surface area contributed by atoms with Crippen LogP contribution in [0.1, 0.15) is 21.6 Å². The smallest absolute Gasteiger partial charge is 0.489 e. The molecule has 24 heavy (non-hydrogen) atoms. The quantitative estimate of drug-likeness (QED) is 0.519. The lowest BCUT2D eigenvalue weighted by Crippen LogP contribution is -2.32. The first-order chi connectivity index (χ1) is 11.5. The number of pyridine rings is 1. The fourth-order valence-corrected chi connectivity index (χ4v) is 2.58. The summed E-state index contributed by atoms with van der Waals surface area (Å²) >= 11 is 0. The molecule has 0 aliphatic heterocycles. The molecule has 0 saturated carbocycles. The van der Waals surface area contributed by atoms with Crippen LogP contribution in [0.3, 0.4) is 0 Å². The van der Waals surface area contributed by atoms with Gasteiger partial charge >= 0.3 is 7.12 Å². The summed E-state index contributed by atoms with van der Waals surface area (Å²) in [5, 5.41) is 23.7. The van der Waals surface area contributed by atoms with Gasteiger partial charge in [-0.05, 0) is 30.6 Å². The number of fused-ring (bicyclic) bond motifs is 1. The third kappa shape index (κ3) is 3.01. The maximum atomic E-state index is 11.0. The number of aryl methyl sites for hydroxylation is 2. The maximum Gasteiger partial charge on any atom is 0.489 e. The molecule has 7 nitrogen and oxygen atoms in total. The Morgan fingerprint density at radius 1 is 1.33 bits per heavy atom. The van der Waals surface area contributed by atoms with Crippen molar-refractivity contribution in [2.75, 3.05) is 0 Å². The molecule has 0 radical (unpaired) electrons. The van der Waals surface area contributed by atoms with Crippen molar-refractivity contribution in [1.29, 1.82) is 0 Å². The fraction of sp³-hybridized carbons (Fsp3) is 0.188. The molecule has 3 rings (SSSR count). The third-order valence-corrected chi connectivity index (χ3v) is 3.79. The first-order valence-electron chi connectivity index (χ1n) is 7.36. The number of hydrogen-bond acceptors (Lipinski definition) is 6. The van der Waals surface area contributed by atoms with E-state index in [9.17, 15) is 14.8 Å². The molecule has 0 amide bonds. The van der Waals surface area contributed by atoms with Crippen molar-refractivity contribution in [3.63, 3.8) is 0 Å². The zero-order chi connectivity index (χ0) is 17.3. The summed E-state index contributed by atoms with van der Waals surface area (Å²) in [6, 6.07) is 6.49. The number of hydrogen-bond donors (Lipinski definition) is 2. The predicted octanol–water partition coefficient (Wildman–Crippen LogP) is 0.348. The van der Waals surface area contributed by atoms with E-state index in [1.54, 1.807) is 16.9 Å². The number of aromatic nitrogens is 3.